The molecule has 2 heterocycles. The summed E-state index contributed by atoms with van der Waals surface area (Å²) in [5, 5.41) is 6.98. The Morgan fingerprint density at radius 2 is 2.17 bits per heavy atom. The zero-order valence-corrected chi connectivity index (χ0v) is 12.9. The van der Waals surface area contributed by atoms with Crippen LogP contribution in [-0.2, 0) is 0 Å². The van der Waals surface area contributed by atoms with Gasteiger partial charge >= 0.3 is 0 Å². The first-order valence-corrected chi connectivity index (χ1v) is 7.25. The molecule has 3 rings (SSSR count). The fourth-order valence-corrected chi connectivity index (χ4v) is 2.24. The lowest BCUT2D eigenvalue weighted by molar-refractivity contribution is 0.310. The Bertz CT molecular complexity index is 767. The third-order valence-corrected chi connectivity index (χ3v) is 3.39. The van der Waals surface area contributed by atoms with Gasteiger partial charge in [-0.25, -0.2) is 4.98 Å². The Kier molecular flexibility index (Phi) is 4.29. The lowest BCUT2D eigenvalue weighted by Crippen LogP contribution is -2.14. The van der Waals surface area contributed by atoms with Crippen molar-refractivity contribution >= 4 is 0 Å². The van der Waals surface area contributed by atoms with Crippen LogP contribution in [0.2, 0.25) is 0 Å². The van der Waals surface area contributed by atoms with Crippen LogP contribution in [0.5, 0.6) is 11.5 Å². The minimum atomic E-state index is -0.462. The number of furan rings is 1. The first-order chi connectivity index (χ1) is 11.2. The molecule has 0 saturated heterocycles. The number of rotatable bonds is 6. The molecular weight excluding hydrogens is 296 g/mol. The highest BCUT2D eigenvalue weighted by molar-refractivity contribution is 5.47. The fourth-order valence-electron chi connectivity index (χ4n) is 2.24. The molecule has 0 aliphatic rings. The fraction of sp³-hybridized carbons (Fsp3) is 0.250. The highest BCUT2D eigenvalue weighted by Gasteiger charge is 2.17. The number of nitrogens with two attached hydrogens (primary N) is 1. The molecule has 0 fully saturated rings. The molecule has 0 unspecified atom stereocenters. The van der Waals surface area contributed by atoms with E-state index in [9.17, 15) is 0 Å². The van der Waals surface area contributed by atoms with E-state index in [-0.39, 0.29) is 0 Å². The number of aromatic nitrogens is 3. The van der Waals surface area contributed by atoms with Crippen LogP contribution in [0.25, 0.3) is 11.6 Å². The van der Waals surface area contributed by atoms with Crippen LogP contribution in [-0.4, -0.2) is 28.9 Å². The number of nitrogens with zero attached hydrogens (tertiary/aromatic N) is 2. The molecule has 7 heteroatoms. The Morgan fingerprint density at radius 3 is 2.87 bits per heavy atom. The second-order valence-corrected chi connectivity index (χ2v) is 4.84. The van der Waals surface area contributed by atoms with Gasteiger partial charge < -0.3 is 19.6 Å². The number of aromatic amines is 1. The first-order valence-electron chi connectivity index (χ1n) is 7.25. The summed E-state index contributed by atoms with van der Waals surface area (Å²) in [6, 6.07) is 8.66. The molecule has 0 aliphatic heterocycles. The zero-order chi connectivity index (χ0) is 16.2. The summed E-state index contributed by atoms with van der Waals surface area (Å²) in [7, 11) is 1.59. The molecule has 0 aliphatic carbocycles. The Labute approximate surface area is 133 Å². The molecule has 1 atom stereocenters. The summed E-state index contributed by atoms with van der Waals surface area (Å²) in [6.07, 6.45) is 1.57. The summed E-state index contributed by atoms with van der Waals surface area (Å²) in [4.78, 5) is 4.39. The monoisotopic (exact) mass is 314 g/mol. The van der Waals surface area contributed by atoms with Gasteiger partial charge in [-0.2, -0.15) is 0 Å². The number of ether oxygens (including phenoxy) is 2. The van der Waals surface area contributed by atoms with E-state index in [1.807, 2.05) is 25.1 Å². The number of hydrogen-bond donors (Lipinski definition) is 2. The van der Waals surface area contributed by atoms with E-state index >= 15 is 0 Å². The summed E-state index contributed by atoms with van der Waals surface area (Å²) >= 11 is 0. The van der Waals surface area contributed by atoms with Crippen molar-refractivity contribution in [2.24, 2.45) is 5.73 Å². The van der Waals surface area contributed by atoms with Crippen molar-refractivity contribution in [2.45, 2.75) is 13.0 Å². The summed E-state index contributed by atoms with van der Waals surface area (Å²) in [6.45, 7) is 2.49. The SMILES string of the molecule is CCOc1ccc([C@@H](N)c2nc(-c3ccco3)n[nH]2)cc1OC. The molecule has 3 N–H and O–H groups in total. The normalized spacial score (nSPS) is 12.1. The maximum atomic E-state index is 6.27. The summed E-state index contributed by atoms with van der Waals surface area (Å²) in [5.41, 5.74) is 7.11. The maximum absolute atomic E-state index is 6.27. The minimum Gasteiger partial charge on any atom is -0.493 e. The second-order valence-electron chi connectivity index (χ2n) is 4.84. The van der Waals surface area contributed by atoms with Gasteiger partial charge in [0.15, 0.2) is 17.3 Å². The van der Waals surface area contributed by atoms with Gasteiger partial charge in [-0.05, 0) is 36.8 Å². The van der Waals surface area contributed by atoms with Crippen molar-refractivity contribution in [2.75, 3.05) is 13.7 Å². The summed E-state index contributed by atoms with van der Waals surface area (Å²) < 4.78 is 16.1. The van der Waals surface area contributed by atoms with Gasteiger partial charge in [-0.1, -0.05) is 6.07 Å². The molecule has 3 aromatic rings. The second kappa shape index (κ2) is 6.53. The average molecular weight is 314 g/mol. The third kappa shape index (κ3) is 3.04. The number of H-pyrrole nitrogens is 1. The number of methoxy groups -OCH3 is 1. The van der Waals surface area contributed by atoms with Gasteiger partial charge in [-0.15, -0.1) is 5.10 Å². The standard InChI is InChI=1S/C16H18N4O3/c1-3-22-11-7-6-10(9-13(11)21-2)14(17)16-18-15(19-20-16)12-5-4-8-23-12/h4-9,14H,3,17H2,1-2H3,(H,18,19,20)/t14-/m1/s1. The minimum absolute atomic E-state index is 0.462. The van der Waals surface area contributed by atoms with Crippen LogP contribution >= 0.6 is 0 Å². The Morgan fingerprint density at radius 1 is 1.30 bits per heavy atom. The Balaban J connectivity index is 1.86. The van der Waals surface area contributed by atoms with E-state index in [1.165, 1.54) is 0 Å². The largest absolute Gasteiger partial charge is 0.493 e. The third-order valence-electron chi connectivity index (χ3n) is 3.39. The maximum Gasteiger partial charge on any atom is 0.216 e. The van der Waals surface area contributed by atoms with Gasteiger partial charge in [0.1, 0.15) is 5.82 Å². The van der Waals surface area contributed by atoms with Gasteiger partial charge in [0.25, 0.3) is 0 Å². The lowest BCUT2D eigenvalue weighted by atomic mass is 10.1. The molecule has 1 aromatic carbocycles. The molecule has 7 nitrogen and oxygen atoms in total. The molecule has 23 heavy (non-hydrogen) atoms. The van der Waals surface area contributed by atoms with Crippen LogP contribution in [0.4, 0.5) is 0 Å². The van der Waals surface area contributed by atoms with Crippen molar-refractivity contribution in [1.82, 2.24) is 15.2 Å². The van der Waals surface area contributed by atoms with Crippen molar-refractivity contribution in [3.8, 4) is 23.1 Å². The van der Waals surface area contributed by atoms with E-state index in [0.29, 0.717) is 35.5 Å². The highest BCUT2D eigenvalue weighted by Crippen LogP contribution is 2.31. The van der Waals surface area contributed by atoms with Gasteiger partial charge in [0.05, 0.1) is 26.0 Å². The molecule has 0 bridgehead atoms. The van der Waals surface area contributed by atoms with Crippen molar-refractivity contribution in [3.05, 3.63) is 48.0 Å². The van der Waals surface area contributed by atoms with Gasteiger partial charge in [-0.3, -0.25) is 5.10 Å². The van der Waals surface area contributed by atoms with Gasteiger partial charge in [0, 0.05) is 0 Å². The van der Waals surface area contributed by atoms with Crippen LogP contribution in [0, 0.1) is 0 Å². The molecule has 0 radical (unpaired) electrons. The predicted octanol–water partition coefficient (Wildman–Crippen LogP) is 2.52. The van der Waals surface area contributed by atoms with Crippen LogP contribution < -0.4 is 15.2 Å². The van der Waals surface area contributed by atoms with Gasteiger partial charge in [0.2, 0.25) is 5.82 Å². The van der Waals surface area contributed by atoms with E-state index in [1.54, 1.807) is 25.5 Å². The van der Waals surface area contributed by atoms with E-state index in [2.05, 4.69) is 15.2 Å². The number of benzene rings is 1. The Hall–Kier alpha value is -2.80. The van der Waals surface area contributed by atoms with E-state index in [0.717, 1.165) is 5.56 Å². The zero-order valence-electron chi connectivity index (χ0n) is 12.9. The van der Waals surface area contributed by atoms with E-state index in [4.69, 9.17) is 19.6 Å². The predicted molar refractivity (Wildman–Crippen MR) is 84.3 cm³/mol. The molecule has 120 valence electrons. The smallest absolute Gasteiger partial charge is 0.216 e. The number of nitrogens with one attached hydrogen (secondary N) is 1. The molecule has 2 aromatic heterocycles. The van der Waals surface area contributed by atoms with Crippen LogP contribution in [0.1, 0.15) is 24.4 Å². The van der Waals surface area contributed by atoms with Crippen molar-refractivity contribution < 1.29 is 13.9 Å². The number of hydrogen-bond acceptors (Lipinski definition) is 6. The van der Waals surface area contributed by atoms with Crippen molar-refractivity contribution in [1.29, 1.82) is 0 Å². The van der Waals surface area contributed by atoms with Crippen molar-refractivity contribution in [3.63, 3.8) is 0 Å². The highest BCUT2D eigenvalue weighted by atomic mass is 16.5. The molecule has 0 amide bonds. The topological polar surface area (TPSA) is 99.2 Å². The molecule has 0 saturated carbocycles. The quantitative estimate of drug-likeness (QED) is 0.725. The summed E-state index contributed by atoms with van der Waals surface area (Å²) in [5.74, 6) is 2.91. The lowest BCUT2D eigenvalue weighted by Gasteiger charge is -2.13. The van der Waals surface area contributed by atoms with E-state index < -0.39 is 6.04 Å². The van der Waals surface area contributed by atoms with Crippen LogP contribution in [0.15, 0.2) is 41.0 Å². The first kappa shape index (κ1) is 15.1. The molecular formula is C16H18N4O3. The molecule has 0 spiro atoms. The average Bonchev–Trinajstić information content (AvgIpc) is 3.26. The van der Waals surface area contributed by atoms with Crippen LogP contribution in [0.3, 0.4) is 0 Å².